The van der Waals surface area contributed by atoms with Gasteiger partial charge in [-0.05, 0) is 37.1 Å². The number of nitrogens with zero attached hydrogens (tertiary/aromatic N) is 1. The van der Waals surface area contributed by atoms with Gasteiger partial charge in [-0.2, -0.15) is 0 Å². The molecule has 0 spiro atoms. The van der Waals surface area contributed by atoms with Gasteiger partial charge < -0.3 is 15.3 Å². The van der Waals surface area contributed by atoms with E-state index in [4.69, 9.17) is 11.6 Å². The minimum Gasteiger partial charge on any atom is -0.391 e. The number of hydrogen-bond acceptors (Lipinski definition) is 3. The van der Waals surface area contributed by atoms with Crippen LogP contribution in [0.5, 0.6) is 0 Å². The van der Waals surface area contributed by atoms with Crippen molar-refractivity contribution in [3.63, 3.8) is 0 Å². The molecule has 0 aromatic heterocycles. The summed E-state index contributed by atoms with van der Waals surface area (Å²) in [5.74, 6) is -0.487. The molecular formula is C14H17ClN2O3. The number of hydrogen-bond donors (Lipinski definition) is 2. The van der Waals surface area contributed by atoms with E-state index in [0.29, 0.717) is 23.7 Å². The van der Waals surface area contributed by atoms with Crippen LogP contribution in [0.25, 0.3) is 0 Å². The Morgan fingerprint density at radius 1 is 1.35 bits per heavy atom. The van der Waals surface area contributed by atoms with E-state index in [1.165, 1.54) is 0 Å². The van der Waals surface area contributed by atoms with Crippen LogP contribution in [0.1, 0.15) is 23.2 Å². The van der Waals surface area contributed by atoms with Crippen molar-refractivity contribution in [1.82, 2.24) is 10.2 Å². The molecule has 1 aliphatic rings. The molecule has 0 radical (unpaired) electrons. The average molecular weight is 297 g/mol. The highest BCUT2D eigenvalue weighted by Gasteiger charge is 2.22. The number of nitrogens with one attached hydrogen (secondary N) is 1. The molecular weight excluding hydrogens is 280 g/mol. The molecule has 2 N–H and O–H groups in total. The summed E-state index contributed by atoms with van der Waals surface area (Å²) in [6, 6.07) is 6.46. The summed E-state index contributed by atoms with van der Waals surface area (Å²) in [7, 11) is 0. The van der Waals surface area contributed by atoms with Gasteiger partial charge >= 0.3 is 0 Å². The lowest BCUT2D eigenvalue weighted by molar-refractivity contribution is -0.133. The third kappa shape index (κ3) is 3.95. The first kappa shape index (κ1) is 14.8. The Morgan fingerprint density at radius 3 is 2.70 bits per heavy atom. The lowest BCUT2D eigenvalue weighted by Crippen LogP contribution is -2.46. The maximum Gasteiger partial charge on any atom is 0.251 e. The van der Waals surface area contributed by atoms with E-state index in [9.17, 15) is 14.7 Å². The fraction of sp³-hybridized carbons (Fsp3) is 0.429. The molecule has 2 amide bonds. The summed E-state index contributed by atoms with van der Waals surface area (Å²) in [5, 5.41) is 12.6. The molecule has 0 saturated carbocycles. The van der Waals surface area contributed by atoms with Gasteiger partial charge in [0, 0.05) is 23.7 Å². The standard InChI is InChI=1S/C14H17ClN2O3/c15-11-5-3-10(4-6-11)14(20)16-8-13(19)17-7-1-2-12(18)9-17/h3-6,12,18H,1-2,7-9H2,(H,16,20). The summed E-state index contributed by atoms with van der Waals surface area (Å²) in [6.07, 6.45) is 1.05. The Hall–Kier alpha value is -1.59. The zero-order chi connectivity index (χ0) is 14.5. The first-order valence-electron chi connectivity index (χ1n) is 6.56. The number of carbonyl (C=O) groups excluding carboxylic acids is 2. The Kier molecular flexibility index (Phi) is 4.98. The highest BCUT2D eigenvalue weighted by atomic mass is 35.5. The molecule has 0 aliphatic carbocycles. The first-order valence-corrected chi connectivity index (χ1v) is 6.93. The molecule has 6 heteroatoms. The largest absolute Gasteiger partial charge is 0.391 e. The average Bonchev–Trinajstić information content (AvgIpc) is 2.45. The van der Waals surface area contributed by atoms with Crippen LogP contribution in [-0.4, -0.2) is 47.6 Å². The summed E-state index contributed by atoms with van der Waals surface area (Å²) in [5.41, 5.74) is 0.459. The summed E-state index contributed by atoms with van der Waals surface area (Å²) in [6.45, 7) is 0.913. The molecule has 1 fully saturated rings. The number of carbonyl (C=O) groups is 2. The number of halogens is 1. The highest BCUT2D eigenvalue weighted by molar-refractivity contribution is 6.30. The summed E-state index contributed by atoms with van der Waals surface area (Å²) >= 11 is 5.74. The highest BCUT2D eigenvalue weighted by Crippen LogP contribution is 2.10. The van der Waals surface area contributed by atoms with Crippen LogP contribution in [0.4, 0.5) is 0 Å². The fourth-order valence-electron chi connectivity index (χ4n) is 2.15. The van der Waals surface area contributed by atoms with Gasteiger partial charge in [0.25, 0.3) is 5.91 Å². The molecule has 0 bridgehead atoms. The second-order valence-electron chi connectivity index (χ2n) is 4.83. The van der Waals surface area contributed by atoms with Gasteiger partial charge in [0.1, 0.15) is 0 Å². The molecule has 1 atom stereocenters. The van der Waals surface area contributed by atoms with Gasteiger partial charge in [-0.3, -0.25) is 9.59 Å². The molecule has 108 valence electrons. The SMILES string of the molecule is O=C(NCC(=O)N1CCCC(O)C1)c1ccc(Cl)cc1. The molecule has 2 rings (SSSR count). The lowest BCUT2D eigenvalue weighted by Gasteiger charge is -2.30. The monoisotopic (exact) mass is 296 g/mol. The van der Waals surface area contributed by atoms with E-state index in [0.717, 1.165) is 12.8 Å². The quantitative estimate of drug-likeness (QED) is 0.876. The second-order valence-corrected chi connectivity index (χ2v) is 5.26. The van der Waals surface area contributed by atoms with E-state index in [-0.39, 0.29) is 18.4 Å². The van der Waals surface area contributed by atoms with Crippen LogP contribution >= 0.6 is 11.6 Å². The molecule has 1 aromatic carbocycles. The Balaban J connectivity index is 1.83. The number of benzene rings is 1. The van der Waals surface area contributed by atoms with Crippen molar-refractivity contribution in [2.24, 2.45) is 0 Å². The third-order valence-corrected chi connectivity index (χ3v) is 3.51. The van der Waals surface area contributed by atoms with Gasteiger partial charge in [0.15, 0.2) is 0 Å². The van der Waals surface area contributed by atoms with Gasteiger partial charge in [-0.25, -0.2) is 0 Å². The molecule has 1 heterocycles. The number of aliphatic hydroxyl groups excluding tert-OH is 1. The first-order chi connectivity index (χ1) is 9.56. The number of β-amino-alcohol motifs (C(OH)–C–C–N with tert-alkyl or cyclic N) is 1. The van der Waals surface area contributed by atoms with Crippen molar-refractivity contribution in [3.8, 4) is 0 Å². The van der Waals surface area contributed by atoms with Crippen LogP contribution in [0, 0.1) is 0 Å². The maximum atomic E-state index is 11.9. The number of likely N-dealkylation sites (tertiary alicyclic amines) is 1. The summed E-state index contributed by atoms with van der Waals surface area (Å²) < 4.78 is 0. The maximum absolute atomic E-state index is 11.9. The van der Waals surface area contributed by atoms with Crippen molar-refractivity contribution in [3.05, 3.63) is 34.9 Å². The van der Waals surface area contributed by atoms with Crippen molar-refractivity contribution >= 4 is 23.4 Å². The van der Waals surface area contributed by atoms with Crippen molar-refractivity contribution in [1.29, 1.82) is 0 Å². The van der Waals surface area contributed by atoms with Crippen LogP contribution in [0.2, 0.25) is 5.02 Å². The Bertz CT molecular complexity index is 490. The number of piperidine rings is 1. The topological polar surface area (TPSA) is 69.6 Å². The van der Waals surface area contributed by atoms with Crippen LogP contribution in [0.15, 0.2) is 24.3 Å². The fourth-order valence-corrected chi connectivity index (χ4v) is 2.28. The minimum atomic E-state index is -0.459. The van der Waals surface area contributed by atoms with E-state index in [2.05, 4.69) is 5.32 Å². The zero-order valence-corrected chi connectivity index (χ0v) is 11.8. The molecule has 1 unspecified atom stereocenters. The molecule has 5 nitrogen and oxygen atoms in total. The summed E-state index contributed by atoms with van der Waals surface area (Å²) in [4.78, 5) is 25.3. The molecule has 1 aromatic rings. The predicted octanol–water partition coefficient (Wildman–Crippen LogP) is 1.05. The molecule has 1 saturated heterocycles. The van der Waals surface area contributed by atoms with Gasteiger partial charge in [0.05, 0.1) is 12.6 Å². The molecule has 20 heavy (non-hydrogen) atoms. The second kappa shape index (κ2) is 6.72. The predicted molar refractivity (Wildman–Crippen MR) is 75.6 cm³/mol. The van der Waals surface area contributed by atoms with E-state index >= 15 is 0 Å². The minimum absolute atomic E-state index is 0.0613. The van der Waals surface area contributed by atoms with E-state index in [1.807, 2.05) is 0 Å². The van der Waals surface area contributed by atoms with Gasteiger partial charge in [-0.1, -0.05) is 11.6 Å². The smallest absolute Gasteiger partial charge is 0.251 e. The van der Waals surface area contributed by atoms with E-state index < -0.39 is 6.10 Å². The van der Waals surface area contributed by atoms with E-state index in [1.54, 1.807) is 29.2 Å². The lowest BCUT2D eigenvalue weighted by atomic mass is 10.1. The van der Waals surface area contributed by atoms with Gasteiger partial charge in [0.2, 0.25) is 5.91 Å². The van der Waals surface area contributed by atoms with Crippen LogP contribution < -0.4 is 5.32 Å². The van der Waals surface area contributed by atoms with Crippen molar-refractivity contribution in [2.45, 2.75) is 18.9 Å². The Labute approximate surface area is 122 Å². The van der Waals surface area contributed by atoms with Crippen LogP contribution in [0.3, 0.4) is 0 Å². The van der Waals surface area contributed by atoms with Gasteiger partial charge in [-0.15, -0.1) is 0 Å². The number of aliphatic hydroxyl groups is 1. The van der Waals surface area contributed by atoms with Crippen LogP contribution in [-0.2, 0) is 4.79 Å². The zero-order valence-electron chi connectivity index (χ0n) is 11.0. The number of amides is 2. The Morgan fingerprint density at radius 2 is 2.05 bits per heavy atom. The normalized spacial score (nSPS) is 18.7. The molecule has 1 aliphatic heterocycles. The van der Waals surface area contributed by atoms with Crippen molar-refractivity contribution in [2.75, 3.05) is 19.6 Å². The third-order valence-electron chi connectivity index (χ3n) is 3.26. The number of rotatable bonds is 3. The van der Waals surface area contributed by atoms with Crippen molar-refractivity contribution < 1.29 is 14.7 Å².